The number of rotatable bonds is 6. The van der Waals surface area contributed by atoms with Gasteiger partial charge in [-0.3, -0.25) is 19.4 Å². The molecule has 0 radical (unpaired) electrons. The number of likely N-dealkylation sites (tertiary alicyclic amines) is 2. The zero-order chi connectivity index (χ0) is 40.8. The van der Waals surface area contributed by atoms with Crippen molar-refractivity contribution < 1.29 is 28.7 Å². The Morgan fingerprint density at radius 3 is 1.36 bits per heavy atom. The summed E-state index contributed by atoms with van der Waals surface area (Å²) in [5, 5.41) is 7.82. The number of benzene rings is 3. The molecule has 13 heteroatoms. The Morgan fingerprint density at radius 2 is 1.02 bits per heavy atom. The summed E-state index contributed by atoms with van der Waals surface area (Å²) in [5.74, 6) is -0.0898. The number of carbonyl (C=O) groups excluding carboxylic acids is 4. The van der Waals surface area contributed by atoms with Crippen LogP contribution in [-0.2, 0) is 19.1 Å². The molecule has 0 aromatic heterocycles. The van der Waals surface area contributed by atoms with Crippen LogP contribution in [0.25, 0.3) is 10.4 Å². The summed E-state index contributed by atoms with van der Waals surface area (Å²) in [6.07, 6.45) is 1.50. The van der Waals surface area contributed by atoms with Crippen LogP contribution < -0.4 is 21.6 Å². The summed E-state index contributed by atoms with van der Waals surface area (Å²) in [4.78, 5) is 52.7. The van der Waals surface area contributed by atoms with Crippen molar-refractivity contribution >= 4 is 47.6 Å². The molecule has 0 spiro atoms. The highest BCUT2D eigenvalue weighted by Crippen LogP contribution is 2.32. The first-order chi connectivity index (χ1) is 25.9. The maximum Gasteiger partial charge on any atom is 0.410 e. The number of ether oxygens (including phenoxy) is 2. The van der Waals surface area contributed by atoms with E-state index in [0.717, 1.165) is 6.42 Å². The molecule has 2 heterocycles. The Labute approximate surface area is 327 Å². The molecule has 2 N–H and O–H groups in total. The molecule has 2 aliphatic rings. The highest BCUT2D eigenvalue weighted by atomic mass is 31.1. The average molecular weight is 773 g/mol. The number of piperidine rings is 2. The molecular formula is C42H57N6O6P. The second kappa shape index (κ2) is 20.8. The Balaban J connectivity index is 0.000000222. The molecule has 4 unspecified atom stereocenters. The van der Waals surface area contributed by atoms with Gasteiger partial charge in [-0.15, -0.1) is 0 Å². The SMILES string of the molecule is CC(=O)C1CCC(N)CN1C(=O)OC(C)(C)C.CC(=O)C1CCC(N=[N+]=[N-])CN1C(=O)OC(C)(C)C.c1ccc(P(c2ccccc2)c2ccccc2)cc1. The average Bonchev–Trinajstić information content (AvgIpc) is 3.12. The van der Waals surface area contributed by atoms with Gasteiger partial charge < -0.3 is 15.2 Å². The quantitative estimate of drug-likeness (QED) is 0.118. The molecule has 2 saturated heterocycles. The van der Waals surface area contributed by atoms with Gasteiger partial charge in [-0.1, -0.05) is 96.1 Å². The molecule has 3 aromatic carbocycles. The van der Waals surface area contributed by atoms with Crippen LogP contribution in [0.2, 0.25) is 0 Å². The summed E-state index contributed by atoms with van der Waals surface area (Å²) < 4.78 is 10.6. The normalized spacial score (nSPS) is 19.7. The van der Waals surface area contributed by atoms with Crippen molar-refractivity contribution in [2.75, 3.05) is 13.1 Å². The van der Waals surface area contributed by atoms with Gasteiger partial charge in [0.2, 0.25) is 0 Å². The number of carbonyl (C=O) groups is 4. The van der Waals surface area contributed by atoms with E-state index in [1.807, 2.05) is 0 Å². The first-order valence-corrected chi connectivity index (χ1v) is 20.0. The fourth-order valence-corrected chi connectivity index (χ4v) is 8.49. The number of amides is 2. The van der Waals surface area contributed by atoms with Crippen molar-refractivity contribution in [3.05, 3.63) is 101 Å². The van der Waals surface area contributed by atoms with Gasteiger partial charge in [0.05, 0.1) is 18.1 Å². The molecule has 0 bridgehead atoms. The molecule has 3 aromatic rings. The fraction of sp³-hybridized carbons (Fsp3) is 0.476. The third kappa shape index (κ3) is 14.8. The van der Waals surface area contributed by atoms with E-state index in [-0.39, 0.29) is 36.2 Å². The lowest BCUT2D eigenvalue weighted by atomic mass is 9.97. The summed E-state index contributed by atoms with van der Waals surface area (Å²) in [7, 11) is -0.446. The molecular weight excluding hydrogens is 715 g/mol. The van der Waals surface area contributed by atoms with Crippen LogP contribution in [0.15, 0.2) is 96.1 Å². The van der Waals surface area contributed by atoms with Gasteiger partial charge in [0.25, 0.3) is 0 Å². The molecule has 0 aliphatic carbocycles. The van der Waals surface area contributed by atoms with E-state index in [4.69, 9.17) is 20.7 Å². The minimum atomic E-state index is -0.621. The predicted molar refractivity (Wildman–Crippen MR) is 219 cm³/mol. The summed E-state index contributed by atoms with van der Waals surface area (Å²) in [5.41, 5.74) is 13.1. The topological polar surface area (TPSA) is 168 Å². The number of nitrogens with zero attached hydrogens (tertiary/aromatic N) is 5. The molecule has 296 valence electrons. The molecule has 2 aliphatic heterocycles. The lowest BCUT2D eigenvalue weighted by Gasteiger charge is -2.37. The third-order valence-corrected chi connectivity index (χ3v) is 11.1. The van der Waals surface area contributed by atoms with E-state index in [0.29, 0.717) is 25.8 Å². The lowest BCUT2D eigenvalue weighted by Crippen LogP contribution is -2.54. The number of azide groups is 1. The summed E-state index contributed by atoms with van der Waals surface area (Å²) in [6.45, 7) is 14.3. The molecule has 0 saturated carbocycles. The van der Waals surface area contributed by atoms with Crippen LogP contribution in [0.1, 0.15) is 81.1 Å². The van der Waals surface area contributed by atoms with E-state index < -0.39 is 37.4 Å². The van der Waals surface area contributed by atoms with Gasteiger partial charge in [0, 0.05) is 24.0 Å². The van der Waals surface area contributed by atoms with Crippen molar-refractivity contribution in [1.29, 1.82) is 0 Å². The molecule has 5 rings (SSSR count). The molecule has 55 heavy (non-hydrogen) atoms. The van der Waals surface area contributed by atoms with Crippen molar-refractivity contribution in [2.24, 2.45) is 10.8 Å². The van der Waals surface area contributed by atoms with Crippen molar-refractivity contribution in [2.45, 2.75) is 116 Å². The predicted octanol–water partition coefficient (Wildman–Crippen LogP) is 7.40. The molecule has 4 atom stereocenters. The number of Topliss-reactive ketones (excluding diaryl/α,β-unsaturated/α-hetero) is 2. The minimum absolute atomic E-state index is 0.0113. The van der Waals surface area contributed by atoms with Gasteiger partial charge in [-0.2, -0.15) is 0 Å². The van der Waals surface area contributed by atoms with Crippen LogP contribution in [0.3, 0.4) is 0 Å². The van der Waals surface area contributed by atoms with E-state index in [1.165, 1.54) is 39.6 Å². The van der Waals surface area contributed by atoms with Gasteiger partial charge in [-0.05, 0) is 110 Å². The van der Waals surface area contributed by atoms with Gasteiger partial charge in [-0.25, -0.2) is 9.59 Å². The molecule has 12 nitrogen and oxygen atoms in total. The van der Waals surface area contributed by atoms with Crippen LogP contribution >= 0.6 is 7.92 Å². The number of ketones is 2. The van der Waals surface area contributed by atoms with E-state index >= 15 is 0 Å². The first-order valence-electron chi connectivity index (χ1n) is 18.7. The monoisotopic (exact) mass is 772 g/mol. The zero-order valence-electron chi connectivity index (χ0n) is 33.4. The number of nitrogens with two attached hydrogens (primary N) is 1. The van der Waals surface area contributed by atoms with Crippen molar-refractivity contribution in [3.63, 3.8) is 0 Å². The smallest absolute Gasteiger partial charge is 0.410 e. The maximum atomic E-state index is 12.1. The highest BCUT2D eigenvalue weighted by molar-refractivity contribution is 7.79. The minimum Gasteiger partial charge on any atom is -0.444 e. The highest BCUT2D eigenvalue weighted by Gasteiger charge is 2.37. The van der Waals surface area contributed by atoms with Crippen LogP contribution in [0.5, 0.6) is 0 Å². The Hall–Kier alpha value is -4.76. The summed E-state index contributed by atoms with van der Waals surface area (Å²) in [6, 6.07) is 31.1. The standard InChI is InChI=1S/C18H15P.C12H20N4O3.C12H22N2O3/c1-4-10-16(11-5-1)19(17-12-6-2-7-13-17)18-14-8-3-9-15-18;1-8(17)10-6-5-9(14-15-13)7-16(10)11(18)19-12(2,3)4;1-8(15)10-6-5-9(13)7-14(10)11(16)17-12(2,3)4/h1-15H;9-10H,5-7H2,1-4H3;9-10H,5-7,13H2,1-4H3. The van der Waals surface area contributed by atoms with Gasteiger partial charge >= 0.3 is 12.2 Å². The van der Waals surface area contributed by atoms with E-state index in [1.54, 1.807) is 41.5 Å². The van der Waals surface area contributed by atoms with Crippen LogP contribution in [-0.4, -0.2) is 82.0 Å². The third-order valence-electron chi connectivity index (χ3n) is 8.63. The largest absolute Gasteiger partial charge is 0.444 e. The van der Waals surface area contributed by atoms with Crippen molar-refractivity contribution in [3.8, 4) is 0 Å². The summed E-state index contributed by atoms with van der Waals surface area (Å²) >= 11 is 0. The van der Waals surface area contributed by atoms with Crippen molar-refractivity contribution in [1.82, 2.24) is 9.80 Å². The molecule has 2 fully saturated rings. The second-order valence-electron chi connectivity index (χ2n) is 15.6. The van der Waals surface area contributed by atoms with E-state index in [2.05, 4.69) is 101 Å². The first kappa shape index (κ1) is 44.6. The van der Waals surface area contributed by atoms with Crippen LogP contribution in [0, 0.1) is 0 Å². The maximum absolute atomic E-state index is 12.1. The van der Waals surface area contributed by atoms with Crippen LogP contribution in [0.4, 0.5) is 9.59 Å². The van der Waals surface area contributed by atoms with E-state index in [9.17, 15) is 19.2 Å². The Bertz CT molecular complexity index is 1650. The second-order valence-corrected chi connectivity index (χ2v) is 17.9. The molecule has 2 amide bonds. The van der Waals surface area contributed by atoms with Gasteiger partial charge in [0.1, 0.15) is 11.2 Å². The Kier molecular flexibility index (Phi) is 16.9. The number of hydrogen-bond donors (Lipinski definition) is 1. The van der Waals surface area contributed by atoms with Gasteiger partial charge in [0.15, 0.2) is 11.6 Å². The zero-order valence-corrected chi connectivity index (χ0v) is 34.3. The lowest BCUT2D eigenvalue weighted by molar-refractivity contribution is -0.124. The Morgan fingerprint density at radius 1 is 0.655 bits per heavy atom. The number of hydrogen-bond acceptors (Lipinski definition) is 8. The fourth-order valence-electron chi connectivity index (χ4n) is 6.19.